The van der Waals surface area contributed by atoms with Crippen LogP contribution in [-0.2, 0) is 0 Å². The SMILES string of the molecule is Cc1cc(Nc2ncc(C)s2)cc([C@H]2CCCN2C(=O)c2ccc3nc(C)sc3c2)n1. The molecule has 5 rings (SSSR count). The van der Waals surface area contributed by atoms with Gasteiger partial charge in [-0.15, -0.1) is 22.7 Å². The molecule has 4 heterocycles. The molecule has 158 valence electrons. The minimum absolute atomic E-state index is 0.0233. The molecule has 1 N–H and O–H groups in total. The van der Waals surface area contributed by atoms with Crippen LogP contribution in [0, 0.1) is 20.8 Å². The van der Waals surface area contributed by atoms with E-state index in [0.29, 0.717) is 5.56 Å². The number of carbonyl (C=O) groups is 1. The number of hydrogen-bond donors (Lipinski definition) is 1. The molecule has 31 heavy (non-hydrogen) atoms. The Kier molecular flexibility index (Phi) is 5.19. The fourth-order valence-corrected chi connectivity index (χ4v) is 5.68. The fraction of sp³-hybridized carbons (Fsp3) is 0.304. The molecule has 1 fully saturated rings. The quantitative estimate of drug-likeness (QED) is 0.427. The number of aromatic nitrogens is 3. The molecule has 1 atom stereocenters. The molecular weight excluding hydrogens is 426 g/mol. The second-order valence-corrected chi connectivity index (χ2v) is 10.4. The van der Waals surface area contributed by atoms with Gasteiger partial charge in [-0.1, -0.05) is 0 Å². The smallest absolute Gasteiger partial charge is 0.254 e. The maximum atomic E-state index is 13.4. The molecule has 1 aromatic carbocycles. The average Bonchev–Trinajstić information content (AvgIpc) is 3.45. The second kappa shape index (κ2) is 8.01. The van der Waals surface area contributed by atoms with Crippen LogP contribution in [0.3, 0.4) is 0 Å². The van der Waals surface area contributed by atoms with E-state index in [-0.39, 0.29) is 11.9 Å². The average molecular weight is 450 g/mol. The van der Waals surface area contributed by atoms with E-state index in [1.54, 1.807) is 22.7 Å². The Morgan fingerprint density at radius 1 is 1.13 bits per heavy atom. The van der Waals surface area contributed by atoms with Gasteiger partial charge < -0.3 is 10.2 Å². The van der Waals surface area contributed by atoms with Gasteiger partial charge in [0.1, 0.15) is 0 Å². The lowest BCUT2D eigenvalue weighted by Crippen LogP contribution is -2.31. The number of thiazole rings is 2. The van der Waals surface area contributed by atoms with Crippen LogP contribution in [0.4, 0.5) is 10.8 Å². The molecule has 0 saturated carbocycles. The molecule has 0 radical (unpaired) electrons. The van der Waals surface area contributed by atoms with E-state index in [1.165, 1.54) is 0 Å². The highest BCUT2D eigenvalue weighted by Crippen LogP contribution is 2.35. The van der Waals surface area contributed by atoms with E-state index in [4.69, 9.17) is 4.98 Å². The summed E-state index contributed by atoms with van der Waals surface area (Å²) in [5, 5.41) is 5.26. The molecule has 8 heteroatoms. The molecule has 0 unspecified atom stereocenters. The van der Waals surface area contributed by atoms with Crippen LogP contribution in [0.25, 0.3) is 10.2 Å². The predicted molar refractivity (Wildman–Crippen MR) is 126 cm³/mol. The standard InChI is InChI=1S/C23H23N5OS2/c1-13-9-17(27-23-24-12-14(2)30-23)11-19(25-13)20-5-4-8-28(20)22(29)16-6-7-18-21(10-16)31-15(3)26-18/h6-7,9-12,20H,4-5,8H2,1-3H3,(H,24,25,27)/t20-/m1/s1. The number of amides is 1. The van der Waals surface area contributed by atoms with Crippen molar-refractivity contribution in [1.82, 2.24) is 19.9 Å². The summed E-state index contributed by atoms with van der Waals surface area (Å²) >= 11 is 3.24. The first kappa shape index (κ1) is 20.1. The van der Waals surface area contributed by atoms with Crippen molar-refractivity contribution in [2.75, 3.05) is 11.9 Å². The number of fused-ring (bicyclic) bond motifs is 1. The maximum absolute atomic E-state index is 13.4. The summed E-state index contributed by atoms with van der Waals surface area (Å²) in [6.45, 7) is 6.76. The van der Waals surface area contributed by atoms with Crippen molar-refractivity contribution in [3.8, 4) is 0 Å². The Morgan fingerprint density at radius 2 is 2.00 bits per heavy atom. The Labute approximate surface area is 189 Å². The third-order valence-corrected chi connectivity index (χ3v) is 7.20. The van der Waals surface area contributed by atoms with Gasteiger partial charge in [0.25, 0.3) is 5.91 Å². The van der Waals surface area contributed by atoms with Crippen molar-refractivity contribution in [3.05, 3.63) is 63.4 Å². The molecular formula is C23H23N5OS2. The van der Waals surface area contributed by atoms with Crippen molar-refractivity contribution in [2.45, 2.75) is 39.7 Å². The van der Waals surface area contributed by atoms with E-state index >= 15 is 0 Å². The summed E-state index contributed by atoms with van der Waals surface area (Å²) in [5.41, 5.74) is 4.47. The van der Waals surface area contributed by atoms with Crippen LogP contribution in [0.2, 0.25) is 0 Å². The normalized spacial score (nSPS) is 16.2. The van der Waals surface area contributed by atoms with Crippen LogP contribution in [0.15, 0.2) is 36.5 Å². The number of benzene rings is 1. The number of aryl methyl sites for hydroxylation is 3. The Hall–Kier alpha value is -2.84. The fourth-order valence-electron chi connectivity index (χ4n) is 4.13. The van der Waals surface area contributed by atoms with Gasteiger partial charge in [0.2, 0.25) is 0 Å². The topological polar surface area (TPSA) is 71.0 Å². The van der Waals surface area contributed by atoms with Crippen molar-refractivity contribution in [2.24, 2.45) is 0 Å². The number of anilines is 2. The van der Waals surface area contributed by atoms with E-state index in [2.05, 4.69) is 21.4 Å². The van der Waals surface area contributed by atoms with Crippen LogP contribution < -0.4 is 5.32 Å². The summed E-state index contributed by atoms with van der Waals surface area (Å²) < 4.78 is 1.05. The number of rotatable bonds is 4. The van der Waals surface area contributed by atoms with Gasteiger partial charge in [0.05, 0.1) is 27.0 Å². The monoisotopic (exact) mass is 449 g/mol. The molecule has 3 aromatic heterocycles. The van der Waals surface area contributed by atoms with E-state index < -0.39 is 0 Å². The van der Waals surface area contributed by atoms with E-state index in [1.807, 2.05) is 56.1 Å². The molecule has 1 aliphatic heterocycles. The molecule has 1 aliphatic rings. The molecule has 0 aliphatic carbocycles. The number of likely N-dealkylation sites (tertiary alicyclic amines) is 1. The Bertz CT molecular complexity index is 1280. The van der Waals surface area contributed by atoms with Gasteiger partial charge in [-0.2, -0.15) is 0 Å². The molecule has 6 nitrogen and oxygen atoms in total. The zero-order chi connectivity index (χ0) is 21.5. The molecule has 4 aromatic rings. The molecule has 1 amide bonds. The predicted octanol–water partition coefficient (Wildman–Crippen LogP) is 5.79. The van der Waals surface area contributed by atoms with Crippen molar-refractivity contribution < 1.29 is 4.79 Å². The lowest BCUT2D eigenvalue weighted by atomic mass is 10.1. The van der Waals surface area contributed by atoms with Crippen LogP contribution in [0.1, 0.15) is 50.5 Å². The van der Waals surface area contributed by atoms with Crippen LogP contribution in [-0.4, -0.2) is 32.3 Å². The largest absolute Gasteiger partial charge is 0.331 e. The van der Waals surface area contributed by atoms with Gasteiger partial charge in [-0.25, -0.2) is 9.97 Å². The minimum Gasteiger partial charge on any atom is -0.331 e. The Morgan fingerprint density at radius 3 is 2.81 bits per heavy atom. The van der Waals surface area contributed by atoms with E-state index in [9.17, 15) is 4.79 Å². The second-order valence-electron chi connectivity index (χ2n) is 7.90. The zero-order valence-corrected chi connectivity index (χ0v) is 19.3. The van der Waals surface area contributed by atoms with Crippen molar-refractivity contribution in [1.29, 1.82) is 0 Å². The summed E-state index contributed by atoms with van der Waals surface area (Å²) in [7, 11) is 0. The Balaban J connectivity index is 1.43. The maximum Gasteiger partial charge on any atom is 0.254 e. The summed E-state index contributed by atoms with van der Waals surface area (Å²) in [4.78, 5) is 30.2. The lowest BCUT2D eigenvalue weighted by molar-refractivity contribution is 0.0733. The highest BCUT2D eigenvalue weighted by Gasteiger charge is 2.32. The van der Waals surface area contributed by atoms with E-state index in [0.717, 1.165) is 61.7 Å². The molecule has 1 saturated heterocycles. The number of pyridine rings is 1. The lowest BCUT2D eigenvalue weighted by Gasteiger charge is -2.25. The minimum atomic E-state index is -0.0233. The van der Waals surface area contributed by atoms with Crippen molar-refractivity contribution in [3.63, 3.8) is 0 Å². The van der Waals surface area contributed by atoms with Crippen molar-refractivity contribution >= 4 is 49.6 Å². The molecule has 0 bridgehead atoms. The number of nitrogens with zero attached hydrogens (tertiary/aromatic N) is 4. The zero-order valence-electron chi connectivity index (χ0n) is 17.7. The first-order chi connectivity index (χ1) is 15.0. The van der Waals surface area contributed by atoms with Gasteiger partial charge >= 0.3 is 0 Å². The van der Waals surface area contributed by atoms with Crippen LogP contribution >= 0.6 is 22.7 Å². The summed E-state index contributed by atoms with van der Waals surface area (Å²) in [5.74, 6) is 0.0591. The van der Waals surface area contributed by atoms with Gasteiger partial charge in [0.15, 0.2) is 5.13 Å². The number of carbonyl (C=O) groups excluding carboxylic acids is 1. The highest BCUT2D eigenvalue weighted by molar-refractivity contribution is 7.18. The first-order valence-electron chi connectivity index (χ1n) is 10.3. The molecule has 0 spiro atoms. The van der Waals surface area contributed by atoms with Crippen LogP contribution in [0.5, 0.6) is 0 Å². The third kappa shape index (κ3) is 4.05. The third-order valence-electron chi connectivity index (χ3n) is 5.44. The number of nitrogens with one attached hydrogen (secondary N) is 1. The van der Waals surface area contributed by atoms with Gasteiger partial charge in [-0.05, 0) is 63.9 Å². The highest BCUT2D eigenvalue weighted by atomic mass is 32.1. The summed E-state index contributed by atoms with van der Waals surface area (Å²) in [6, 6.07) is 9.85. The van der Waals surface area contributed by atoms with Gasteiger partial charge in [-0.3, -0.25) is 9.78 Å². The summed E-state index contributed by atoms with van der Waals surface area (Å²) in [6.07, 6.45) is 3.75. The first-order valence-corrected chi connectivity index (χ1v) is 12.0. The van der Waals surface area contributed by atoms with Gasteiger partial charge in [0, 0.05) is 34.6 Å². The number of hydrogen-bond acceptors (Lipinski definition) is 7.